The smallest absolute Gasteiger partial charge is 0.161 e. The SMILES string of the molecule is CCOc1cc(CNCCCNC)ccc1OC(C)C. The highest BCUT2D eigenvalue weighted by atomic mass is 16.5. The minimum Gasteiger partial charge on any atom is -0.490 e. The highest BCUT2D eigenvalue weighted by molar-refractivity contribution is 5.43. The summed E-state index contributed by atoms with van der Waals surface area (Å²) in [4.78, 5) is 0. The van der Waals surface area contributed by atoms with Gasteiger partial charge in [0, 0.05) is 6.54 Å². The molecule has 20 heavy (non-hydrogen) atoms. The van der Waals surface area contributed by atoms with E-state index < -0.39 is 0 Å². The van der Waals surface area contributed by atoms with Crippen LogP contribution in [0.3, 0.4) is 0 Å². The van der Waals surface area contributed by atoms with Crippen LogP contribution >= 0.6 is 0 Å². The van der Waals surface area contributed by atoms with Crippen LogP contribution in [-0.2, 0) is 6.54 Å². The molecule has 0 heterocycles. The standard InChI is InChI=1S/C16H28N2O2/c1-5-19-16-11-14(12-18-10-6-9-17-4)7-8-15(16)20-13(2)3/h7-8,11,13,17-18H,5-6,9-10,12H2,1-4H3. The van der Waals surface area contributed by atoms with Gasteiger partial charge in [-0.05, 0) is 65.0 Å². The van der Waals surface area contributed by atoms with Gasteiger partial charge in [0.15, 0.2) is 11.5 Å². The molecule has 2 N–H and O–H groups in total. The minimum atomic E-state index is 0.153. The number of ether oxygens (including phenoxy) is 2. The van der Waals surface area contributed by atoms with Crippen LogP contribution < -0.4 is 20.1 Å². The molecule has 0 aliphatic rings. The topological polar surface area (TPSA) is 42.5 Å². The van der Waals surface area contributed by atoms with E-state index in [1.165, 1.54) is 5.56 Å². The molecule has 0 atom stereocenters. The van der Waals surface area contributed by atoms with Crippen LogP contribution in [0.1, 0.15) is 32.8 Å². The Hall–Kier alpha value is -1.26. The Morgan fingerprint density at radius 3 is 2.60 bits per heavy atom. The zero-order valence-electron chi connectivity index (χ0n) is 13.2. The van der Waals surface area contributed by atoms with Crippen LogP contribution in [0, 0.1) is 0 Å². The number of benzene rings is 1. The average Bonchev–Trinajstić information content (AvgIpc) is 2.41. The van der Waals surface area contributed by atoms with Gasteiger partial charge in [0.1, 0.15) is 0 Å². The summed E-state index contributed by atoms with van der Waals surface area (Å²) in [6.07, 6.45) is 1.28. The molecule has 0 spiro atoms. The molecule has 0 radical (unpaired) electrons. The van der Waals surface area contributed by atoms with E-state index in [4.69, 9.17) is 9.47 Å². The van der Waals surface area contributed by atoms with Crippen LogP contribution in [0.15, 0.2) is 18.2 Å². The van der Waals surface area contributed by atoms with Crippen LogP contribution in [-0.4, -0.2) is 32.8 Å². The predicted molar refractivity (Wildman–Crippen MR) is 83.6 cm³/mol. The summed E-state index contributed by atoms with van der Waals surface area (Å²) in [5.74, 6) is 1.65. The molecule has 0 unspecified atom stereocenters. The first kappa shape index (κ1) is 16.8. The first-order chi connectivity index (χ1) is 9.67. The van der Waals surface area contributed by atoms with E-state index in [-0.39, 0.29) is 6.10 Å². The Morgan fingerprint density at radius 2 is 1.95 bits per heavy atom. The third kappa shape index (κ3) is 6.26. The van der Waals surface area contributed by atoms with Crippen molar-refractivity contribution in [1.29, 1.82) is 0 Å². The van der Waals surface area contributed by atoms with Gasteiger partial charge in [0.05, 0.1) is 12.7 Å². The summed E-state index contributed by atoms with van der Waals surface area (Å²) in [6, 6.07) is 6.15. The lowest BCUT2D eigenvalue weighted by Gasteiger charge is -2.15. The van der Waals surface area contributed by atoms with Crippen molar-refractivity contribution in [3.05, 3.63) is 23.8 Å². The van der Waals surface area contributed by atoms with Gasteiger partial charge in [-0.1, -0.05) is 6.07 Å². The van der Waals surface area contributed by atoms with Gasteiger partial charge >= 0.3 is 0 Å². The van der Waals surface area contributed by atoms with E-state index in [1.807, 2.05) is 33.9 Å². The number of hydrogen-bond acceptors (Lipinski definition) is 4. The first-order valence-electron chi connectivity index (χ1n) is 7.45. The Morgan fingerprint density at radius 1 is 1.15 bits per heavy atom. The van der Waals surface area contributed by atoms with Gasteiger partial charge in [-0.25, -0.2) is 0 Å². The van der Waals surface area contributed by atoms with Gasteiger partial charge in [-0.15, -0.1) is 0 Å². The molecular formula is C16H28N2O2. The second-order valence-corrected chi connectivity index (χ2v) is 5.01. The number of rotatable bonds is 10. The number of hydrogen-bond donors (Lipinski definition) is 2. The van der Waals surface area contributed by atoms with Gasteiger partial charge < -0.3 is 20.1 Å². The largest absolute Gasteiger partial charge is 0.490 e. The Balaban J connectivity index is 2.57. The third-order valence-corrected chi connectivity index (χ3v) is 2.78. The molecule has 0 aliphatic heterocycles. The zero-order valence-corrected chi connectivity index (χ0v) is 13.2. The second kappa shape index (κ2) is 9.61. The van der Waals surface area contributed by atoms with E-state index in [0.717, 1.165) is 37.6 Å². The van der Waals surface area contributed by atoms with Crippen molar-refractivity contribution in [3.63, 3.8) is 0 Å². The Labute approximate surface area is 122 Å². The van der Waals surface area contributed by atoms with Gasteiger partial charge in [-0.3, -0.25) is 0 Å². The lowest BCUT2D eigenvalue weighted by Crippen LogP contribution is -2.19. The molecule has 0 saturated heterocycles. The molecule has 114 valence electrons. The zero-order chi connectivity index (χ0) is 14.8. The summed E-state index contributed by atoms with van der Waals surface area (Å²) in [6.45, 7) is 9.58. The highest BCUT2D eigenvalue weighted by Gasteiger charge is 2.08. The molecule has 1 aromatic carbocycles. The second-order valence-electron chi connectivity index (χ2n) is 5.01. The number of nitrogens with one attached hydrogen (secondary N) is 2. The van der Waals surface area contributed by atoms with Crippen molar-refractivity contribution in [1.82, 2.24) is 10.6 Å². The van der Waals surface area contributed by atoms with E-state index in [0.29, 0.717) is 6.61 Å². The fourth-order valence-corrected chi connectivity index (χ4v) is 1.90. The molecule has 0 aromatic heterocycles. The van der Waals surface area contributed by atoms with Crippen LogP contribution in [0.5, 0.6) is 11.5 Å². The Bertz CT molecular complexity index is 381. The van der Waals surface area contributed by atoms with Gasteiger partial charge in [-0.2, -0.15) is 0 Å². The molecule has 1 rings (SSSR count). The van der Waals surface area contributed by atoms with E-state index in [2.05, 4.69) is 22.8 Å². The average molecular weight is 280 g/mol. The molecule has 0 saturated carbocycles. The Kier molecular flexibility index (Phi) is 8.07. The van der Waals surface area contributed by atoms with E-state index >= 15 is 0 Å². The first-order valence-corrected chi connectivity index (χ1v) is 7.45. The monoisotopic (exact) mass is 280 g/mol. The molecule has 0 fully saturated rings. The summed E-state index contributed by atoms with van der Waals surface area (Å²) < 4.78 is 11.4. The summed E-state index contributed by atoms with van der Waals surface area (Å²) in [5, 5.41) is 6.57. The molecule has 1 aromatic rings. The van der Waals surface area contributed by atoms with Crippen LogP contribution in [0.2, 0.25) is 0 Å². The molecule has 0 aliphatic carbocycles. The maximum absolute atomic E-state index is 5.76. The van der Waals surface area contributed by atoms with Crippen molar-refractivity contribution in [2.24, 2.45) is 0 Å². The fourth-order valence-electron chi connectivity index (χ4n) is 1.90. The summed E-state index contributed by atoms with van der Waals surface area (Å²) in [7, 11) is 1.97. The lowest BCUT2D eigenvalue weighted by molar-refractivity contribution is 0.223. The minimum absolute atomic E-state index is 0.153. The lowest BCUT2D eigenvalue weighted by atomic mass is 10.2. The van der Waals surface area contributed by atoms with Gasteiger partial charge in [0.2, 0.25) is 0 Å². The maximum atomic E-state index is 5.76. The molecular weight excluding hydrogens is 252 g/mol. The highest BCUT2D eigenvalue weighted by Crippen LogP contribution is 2.29. The fraction of sp³-hybridized carbons (Fsp3) is 0.625. The van der Waals surface area contributed by atoms with Crippen LogP contribution in [0.4, 0.5) is 0 Å². The maximum Gasteiger partial charge on any atom is 0.161 e. The molecule has 4 nitrogen and oxygen atoms in total. The molecule has 0 bridgehead atoms. The van der Waals surface area contributed by atoms with Crippen molar-refractivity contribution in [3.8, 4) is 11.5 Å². The van der Waals surface area contributed by atoms with Crippen molar-refractivity contribution in [2.75, 3.05) is 26.7 Å². The summed E-state index contributed by atoms with van der Waals surface area (Å²) in [5.41, 5.74) is 1.22. The van der Waals surface area contributed by atoms with Gasteiger partial charge in [0.25, 0.3) is 0 Å². The quantitative estimate of drug-likeness (QED) is 0.646. The predicted octanol–water partition coefficient (Wildman–Crippen LogP) is 2.57. The van der Waals surface area contributed by atoms with E-state index in [1.54, 1.807) is 0 Å². The van der Waals surface area contributed by atoms with Crippen molar-refractivity contribution in [2.45, 2.75) is 39.8 Å². The van der Waals surface area contributed by atoms with E-state index in [9.17, 15) is 0 Å². The van der Waals surface area contributed by atoms with Crippen molar-refractivity contribution < 1.29 is 9.47 Å². The van der Waals surface area contributed by atoms with Crippen molar-refractivity contribution >= 4 is 0 Å². The molecule has 0 amide bonds. The normalized spacial score (nSPS) is 10.8. The van der Waals surface area contributed by atoms with Crippen LogP contribution in [0.25, 0.3) is 0 Å². The summed E-state index contributed by atoms with van der Waals surface area (Å²) >= 11 is 0. The third-order valence-electron chi connectivity index (χ3n) is 2.78. The molecule has 4 heteroatoms.